The molecule has 5 nitrogen and oxygen atoms in total. The van der Waals surface area contributed by atoms with Crippen LogP contribution >= 0.6 is 0 Å². The lowest BCUT2D eigenvalue weighted by Gasteiger charge is -2.22. The van der Waals surface area contributed by atoms with E-state index >= 15 is 0 Å². The zero-order valence-electron chi connectivity index (χ0n) is 17.0. The summed E-state index contributed by atoms with van der Waals surface area (Å²) in [6.45, 7) is 3.94. The Morgan fingerprint density at radius 3 is 2.70 bits per heavy atom. The number of Topliss-reactive ketones (excluding diaryl/α,β-unsaturated/α-hetero) is 1. The third-order valence-electron chi connectivity index (χ3n) is 5.31. The molecule has 1 rings (SSSR count). The number of carbonyl (C=O) groups is 2. The fraction of sp³-hybridized carbons (Fsp3) is 0.727. The van der Waals surface area contributed by atoms with Crippen LogP contribution in [-0.2, 0) is 14.3 Å². The molecule has 0 amide bonds. The standard InChI is InChI=1S/C22H36O5/c1-4-5-14-22(2,26)15-10-12-18-17(19(23)16-20(18)24)11-8-6-7-9-13-21(25)27-3/h9-10,12-13,17-18,20,24,26H,4-8,11,14-16H2,1-3H3/b12-10+,13-9+/t17-,18-,20-,22?/m1/s1. The topological polar surface area (TPSA) is 83.8 Å². The van der Waals surface area contributed by atoms with Crippen LogP contribution in [0.15, 0.2) is 24.3 Å². The predicted octanol–water partition coefficient (Wildman–Crippen LogP) is 3.73. The molecule has 5 heteroatoms. The molecule has 0 aliphatic heterocycles. The van der Waals surface area contributed by atoms with Crippen molar-refractivity contribution in [2.75, 3.05) is 7.11 Å². The number of hydrogen-bond donors (Lipinski definition) is 2. The SMILES string of the molecule is CCCCC(C)(O)C/C=C/[C@H]1[C@H](O)CC(=O)[C@@H]1CCCC/C=C/C(=O)OC. The number of carbonyl (C=O) groups excluding carboxylic acids is 2. The highest BCUT2D eigenvalue weighted by atomic mass is 16.5. The smallest absolute Gasteiger partial charge is 0.330 e. The molecule has 0 heterocycles. The lowest BCUT2D eigenvalue weighted by Crippen LogP contribution is -2.23. The van der Waals surface area contributed by atoms with Crippen LogP contribution < -0.4 is 0 Å². The van der Waals surface area contributed by atoms with Gasteiger partial charge in [0.2, 0.25) is 0 Å². The van der Waals surface area contributed by atoms with Gasteiger partial charge in [0, 0.05) is 24.3 Å². The minimum Gasteiger partial charge on any atom is -0.466 e. The van der Waals surface area contributed by atoms with E-state index in [2.05, 4.69) is 11.7 Å². The number of rotatable bonds is 12. The van der Waals surface area contributed by atoms with E-state index in [1.54, 1.807) is 6.08 Å². The molecule has 1 fully saturated rings. The second-order valence-corrected chi connectivity index (χ2v) is 7.86. The Morgan fingerprint density at radius 2 is 2.04 bits per heavy atom. The molecule has 0 aromatic rings. The van der Waals surface area contributed by atoms with Gasteiger partial charge in [0.05, 0.1) is 18.8 Å². The Labute approximate surface area is 163 Å². The van der Waals surface area contributed by atoms with Gasteiger partial charge >= 0.3 is 5.97 Å². The van der Waals surface area contributed by atoms with Crippen molar-refractivity contribution in [3.05, 3.63) is 24.3 Å². The Bertz CT molecular complexity index is 521. The Kier molecular flexibility index (Phi) is 10.6. The van der Waals surface area contributed by atoms with Gasteiger partial charge in [0.15, 0.2) is 0 Å². The van der Waals surface area contributed by atoms with Crippen LogP contribution in [0.3, 0.4) is 0 Å². The second-order valence-electron chi connectivity index (χ2n) is 7.86. The van der Waals surface area contributed by atoms with Crippen LogP contribution in [0.2, 0.25) is 0 Å². The summed E-state index contributed by atoms with van der Waals surface area (Å²) >= 11 is 0. The average Bonchev–Trinajstić information content (AvgIpc) is 2.89. The van der Waals surface area contributed by atoms with E-state index in [-0.39, 0.29) is 30.0 Å². The van der Waals surface area contributed by atoms with E-state index in [1.807, 2.05) is 19.1 Å². The van der Waals surface area contributed by atoms with E-state index < -0.39 is 11.7 Å². The van der Waals surface area contributed by atoms with Gasteiger partial charge in [0.1, 0.15) is 5.78 Å². The molecule has 154 valence electrons. The Balaban J connectivity index is 2.47. The van der Waals surface area contributed by atoms with Gasteiger partial charge in [-0.25, -0.2) is 4.79 Å². The minimum absolute atomic E-state index is 0.125. The molecule has 4 atom stereocenters. The highest BCUT2D eigenvalue weighted by molar-refractivity contribution is 5.84. The number of ketones is 1. The maximum absolute atomic E-state index is 12.2. The van der Waals surface area contributed by atoms with Gasteiger partial charge in [0.25, 0.3) is 0 Å². The van der Waals surface area contributed by atoms with E-state index in [1.165, 1.54) is 13.2 Å². The van der Waals surface area contributed by atoms with Crippen LogP contribution in [0.1, 0.15) is 71.6 Å². The maximum atomic E-state index is 12.2. The van der Waals surface area contributed by atoms with Crippen LogP contribution in [0.25, 0.3) is 0 Å². The number of aliphatic hydroxyl groups is 2. The number of esters is 1. The van der Waals surface area contributed by atoms with Crippen molar-refractivity contribution in [2.24, 2.45) is 11.8 Å². The monoisotopic (exact) mass is 380 g/mol. The molecule has 0 spiro atoms. The second kappa shape index (κ2) is 12.1. The molecule has 0 aromatic carbocycles. The zero-order valence-corrected chi connectivity index (χ0v) is 17.0. The number of methoxy groups -OCH3 is 1. The molecule has 27 heavy (non-hydrogen) atoms. The number of hydrogen-bond acceptors (Lipinski definition) is 5. The van der Waals surface area contributed by atoms with E-state index in [0.717, 1.165) is 44.9 Å². The summed E-state index contributed by atoms with van der Waals surface area (Å²) in [6, 6.07) is 0. The van der Waals surface area contributed by atoms with Crippen molar-refractivity contribution >= 4 is 11.8 Å². The molecular weight excluding hydrogens is 344 g/mol. The molecule has 1 aliphatic rings. The highest BCUT2D eigenvalue weighted by Gasteiger charge is 2.39. The first-order chi connectivity index (χ1) is 12.8. The summed E-state index contributed by atoms with van der Waals surface area (Å²) in [5.41, 5.74) is -0.735. The van der Waals surface area contributed by atoms with Crippen LogP contribution in [0.5, 0.6) is 0 Å². The van der Waals surface area contributed by atoms with Gasteiger partial charge in [-0.05, 0) is 39.0 Å². The first-order valence-corrected chi connectivity index (χ1v) is 10.1. The molecule has 0 aromatic heterocycles. The number of allylic oxidation sites excluding steroid dienone is 1. The van der Waals surface area contributed by atoms with Crippen molar-refractivity contribution in [1.82, 2.24) is 0 Å². The van der Waals surface area contributed by atoms with Crippen molar-refractivity contribution in [2.45, 2.75) is 83.3 Å². The van der Waals surface area contributed by atoms with E-state index in [4.69, 9.17) is 0 Å². The highest BCUT2D eigenvalue weighted by Crippen LogP contribution is 2.34. The Morgan fingerprint density at radius 1 is 1.30 bits per heavy atom. The van der Waals surface area contributed by atoms with Gasteiger partial charge in [-0.15, -0.1) is 0 Å². The molecular formula is C22H36O5. The van der Waals surface area contributed by atoms with Crippen LogP contribution in [0.4, 0.5) is 0 Å². The molecule has 0 bridgehead atoms. The summed E-state index contributed by atoms with van der Waals surface area (Å²) in [4.78, 5) is 23.2. The lowest BCUT2D eigenvalue weighted by molar-refractivity contribution is -0.134. The van der Waals surface area contributed by atoms with Crippen LogP contribution in [-0.4, -0.2) is 40.8 Å². The van der Waals surface area contributed by atoms with Crippen molar-refractivity contribution in [3.8, 4) is 0 Å². The molecule has 1 saturated carbocycles. The predicted molar refractivity (Wildman–Crippen MR) is 106 cm³/mol. The number of aliphatic hydroxyl groups excluding tert-OH is 1. The normalized spacial score (nSPS) is 25.4. The summed E-state index contributed by atoms with van der Waals surface area (Å²) in [5.74, 6) is -0.546. The van der Waals surface area contributed by atoms with Gasteiger partial charge in [-0.2, -0.15) is 0 Å². The summed E-state index contributed by atoms with van der Waals surface area (Å²) < 4.78 is 4.54. The summed E-state index contributed by atoms with van der Waals surface area (Å²) in [6.07, 6.45) is 13.2. The molecule has 0 saturated heterocycles. The molecule has 1 aliphatic carbocycles. The fourth-order valence-electron chi connectivity index (χ4n) is 3.60. The quantitative estimate of drug-likeness (QED) is 0.233. The lowest BCUT2D eigenvalue weighted by atomic mass is 9.87. The van der Waals surface area contributed by atoms with Crippen molar-refractivity contribution < 1.29 is 24.5 Å². The largest absolute Gasteiger partial charge is 0.466 e. The molecule has 0 radical (unpaired) electrons. The van der Waals surface area contributed by atoms with Crippen molar-refractivity contribution in [3.63, 3.8) is 0 Å². The molecule has 2 N–H and O–H groups in total. The third kappa shape index (κ3) is 8.85. The first-order valence-electron chi connectivity index (χ1n) is 10.1. The molecule has 1 unspecified atom stereocenters. The minimum atomic E-state index is -0.735. The summed E-state index contributed by atoms with van der Waals surface area (Å²) in [7, 11) is 1.35. The van der Waals surface area contributed by atoms with Crippen LogP contribution in [0, 0.1) is 11.8 Å². The van der Waals surface area contributed by atoms with Gasteiger partial charge in [-0.3, -0.25) is 4.79 Å². The van der Waals surface area contributed by atoms with Gasteiger partial charge in [-0.1, -0.05) is 44.4 Å². The van der Waals surface area contributed by atoms with E-state index in [0.29, 0.717) is 6.42 Å². The summed E-state index contributed by atoms with van der Waals surface area (Å²) in [5, 5.41) is 20.6. The maximum Gasteiger partial charge on any atom is 0.330 e. The first kappa shape index (κ1) is 23.6. The fourth-order valence-corrected chi connectivity index (χ4v) is 3.60. The average molecular weight is 381 g/mol. The number of ether oxygens (including phenoxy) is 1. The third-order valence-corrected chi connectivity index (χ3v) is 5.31. The van der Waals surface area contributed by atoms with Gasteiger partial charge < -0.3 is 14.9 Å². The number of unbranched alkanes of at least 4 members (excludes halogenated alkanes) is 3. The van der Waals surface area contributed by atoms with Crippen molar-refractivity contribution in [1.29, 1.82) is 0 Å². The van der Waals surface area contributed by atoms with E-state index in [9.17, 15) is 19.8 Å². The zero-order chi connectivity index (χ0) is 20.3. The Hall–Kier alpha value is -1.46.